The van der Waals surface area contributed by atoms with Crippen molar-refractivity contribution in [1.29, 1.82) is 0 Å². The molecule has 6 nitrogen and oxygen atoms in total. The minimum atomic E-state index is -0.251. The van der Waals surface area contributed by atoms with Crippen LogP contribution in [0.25, 0.3) is 11.3 Å². The van der Waals surface area contributed by atoms with Gasteiger partial charge in [-0.3, -0.25) is 14.5 Å². The van der Waals surface area contributed by atoms with E-state index in [4.69, 9.17) is 0 Å². The number of carbonyl (C=O) groups excluding carboxylic acids is 2. The fourth-order valence-electron chi connectivity index (χ4n) is 2.96. The molecular formula is C19H16N4O2. The van der Waals surface area contributed by atoms with Crippen molar-refractivity contribution >= 4 is 23.2 Å². The molecule has 0 radical (unpaired) electrons. The molecule has 0 aliphatic carbocycles. The number of hydrogen-bond donors (Lipinski definition) is 1. The molecule has 0 fully saturated rings. The average Bonchev–Trinajstić information content (AvgIpc) is 3.15. The molecule has 0 atom stereocenters. The number of amides is 2. The quantitative estimate of drug-likeness (QED) is 0.795. The van der Waals surface area contributed by atoms with Crippen molar-refractivity contribution in [2.45, 2.75) is 6.54 Å². The van der Waals surface area contributed by atoms with Crippen molar-refractivity contribution in [3.8, 4) is 0 Å². The van der Waals surface area contributed by atoms with Gasteiger partial charge in [-0.25, -0.2) is 4.98 Å². The third-order valence-electron chi connectivity index (χ3n) is 4.22. The Balaban J connectivity index is 1.41. The molecule has 124 valence electrons. The molecule has 6 heteroatoms. The van der Waals surface area contributed by atoms with E-state index < -0.39 is 0 Å². The van der Waals surface area contributed by atoms with E-state index in [1.54, 1.807) is 12.1 Å². The molecule has 0 spiro atoms. The Bertz CT molecular complexity index is 937. The molecule has 0 saturated heterocycles. The van der Waals surface area contributed by atoms with Crippen molar-refractivity contribution in [2.24, 2.45) is 0 Å². The number of nitrogens with one attached hydrogen (secondary N) is 1. The Hall–Kier alpha value is -3.41. The number of hydrogen-bond acceptors (Lipinski definition) is 3. The van der Waals surface area contributed by atoms with E-state index in [1.165, 1.54) is 4.90 Å². The maximum absolute atomic E-state index is 12.4. The van der Waals surface area contributed by atoms with Crippen LogP contribution in [-0.4, -0.2) is 32.6 Å². The Labute approximate surface area is 144 Å². The summed E-state index contributed by atoms with van der Waals surface area (Å²) in [5.41, 5.74) is 3.50. The number of aromatic nitrogens is 2. The van der Waals surface area contributed by atoms with Crippen LogP contribution in [0.4, 0.5) is 0 Å². The van der Waals surface area contributed by atoms with Crippen LogP contribution >= 0.6 is 0 Å². The van der Waals surface area contributed by atoms with Crippen molar-refractivity contribution in [3.05, 3.63) is 78.3 Å². The number of pyridine rings is 1. The van der Waals surface area contributed by atoms with Crippen LogP contribution < -0.4 is 5.32 Å². The van der Waals surface area contributed by atoms with Gasteiger partial charge in [0.1, 0.15) is 12.2 Å². The van der Waals surface area contributed by atoms with Crippen molar-refractivity contribution in [2.75, 3.05) is 6.54 Å². The van der Waals surface area contributed by atoms with Gasteiger partial charge in [0.25, 0.3) is 5.91 Å². The van der Waals surface area contributed by atoms with Gasteiger partial charge >= 0.3 is 0 Å². The van der Waals surface area contributed by atoms with Crippen LogP contribution in [0, 0.1) is 0 Å². The average molecular weight is 332 g/mol. The molecule has 25 heavy (non-hydrogen) atoms. The number of imidazole rings is 1. The molecule has 2 amide bonds. The van der Waals surface area contributed by atoms with Gasteiger partial charge in [-0.1, -0.05) is 30.8 Å². The van der Waals surface area contributed by atoms with E-state index in [0.29, 0.717) is 17.8 Å². The topological polar surface area (TPSA) is 66.7 Å². The van der Waals surface area contributed by atoms with Crippen LogP contribution in [0.5, 0.6) is 0 Å². The zero-order chi connectivity index (χ0) is 17.4. The highest BCUT2D eigenvalue weighted by Gasteiger charge is 2.31. The Morgan fingerprint density at radius 1 is 1.12 bits per heavy atom. The lowest BCUT2D eigenvalue weighted by Gasteiger charge is -2.16. The molecule has 2 aromatic heterocycles. The third-order valence-corrected chi connectivity index (χ3v) is 4.22. The lowest BCUT2D eigenvalue weighted by molar-refractivity contribution is -0.121. The van der Waals surface area contributed by atoms with Crippen LogP contribution in [0.2, 0.25) is 0 Å². The second-order valence-corrected chi connectivity index (χ2v) is 5.86. The first-order valence-electron chi connectivity index (χ1n) is 7.93. The largest absolute Gasteiger partial charge is 0.349 e. The summed E-state index contributed by atoms with van der Waals surface area (Å²) < 4.78 is 1.89. The van der Waals surface area contributed by atoms with Crippen LogP contribution in [0.1, 0.15) is 21.6 Å². The highest BCUT2D eigenvalue weighted by atomic mass is 16.2. The summed E-state index contributed by atoms with van der Waals surface area (Å²) in [6, 6.07) is 13.0. The zero-order valence-electron chi connectivity index (χ0n) is 13.5. The van der Waals surface area contributed by atoms with Crippen molar-refractivity contribution in [1.82, 2.24) is 19.6 Å². The first-order chi connectivity index (χ1) is 12.1. The molecule has 1 aliphatic rings. The summed E-state index contributed by atoms with van der Waals surface area (Å²) in [7, 11) is 0. The number of nitrogens with zero attached hydrogens (tertiary/aromatic N) is 3. The molecule has 1 aliphatic heterocycles. The van der Waals surface area contributed by atoms with Gasteiger partial charge in [-0.05, 0) is 18.2 Å². The standard InChI is InChI=1S/C19H16N4O2/c1-13-15-6-2-3-7-16(15)19(25)23(13)12-18(24)20-10-14-11-22-9-5-4-8-17(22)21-14/h2-9,11H,1,10,12H2,(H,20,24). The first-order valence-corrected chi connectivity index (χ1v) is 7.93. The van der Waals surface area contributed by atoms with Gasteiger partial charge in [0.2, 0.25) is 5.91 Å². The van der Waals surface area contributed by atoms with Crippen molar-refractivity contribution < 1.29 is 9.59 Å². The van der Waals surface area contributed by atoms with E-state index in [9.17, 15) is 9.59 Å². The summed E-state index contributed by atoms with van der Waals surface area (Å²) >= 11 is 0. The summed E-state index contributed by atoms with van der Waals surface area (Å²) in [6.45, 7) is 4.19. The second-order valence-electron chi connectivity index (χ2n) is 5.86. The third kappa shape index (κ3) is 2.67. The first kappa shape index (κ1) is 15.1. The Kier molecular flexibility index (Phi) is 3.57. The number of fused-ring (bicyclic) bond motifs is 2. The highest BCUT2D eigenvalue weighted by Crippen LogP contribution is 2.30. The highest BCUT2D eigenvalue weighted by molar-refractivity contribution is 6.10. The zero-order valence-corrected chi connectivity index (χ0v) is 13.5. The van der Waals surface area contributed by atoms with E-state index in [1.807, 2.05) is 47.1 Å². The molecule has 0 unspecified atom stereocenters. The van der Waals surface area contributed by atoms with Crippen molar-refractivity contribution in [3.63, 3.8) is 0 Å². The monoisotopic (exact) mass is 332 g/mol. The molecule has 3 heterocycles. The normalized spacial score (nSPS) is 13.4. The fourth-order valence-corrected chi connectivity index (χ4v) is 2.96. The molecule has 0 saturated carbocycles. The second kappa shape index (κ2) is 5.90. The van der Waals surface area contributed by atoms with E-state index in [2.05, 4.69) is 16.9 Å². The summed E-state index contributed by atoms with van der Waals surface area (Å²) in [5, 5.41) is 2.80. The summed E-state index contributed by atoms with van der Waals surface area (Å²) in [5.74, 6) is -0.442. The van der Waals surface area contributed by atoms with E-state index in [0.717, 1.165) is 16.9 Å². The molecule has 4 rings (SSSR count). The molecule has 3 aromatic rings. The maximum atomic E-state index is 12.4. The van der Waals surface area contributed by atoms with Crippen LogP contribution in [0.3, 0.4) is 0 Å². The number of rotatable bonds is 4. The van der Waals surface area contributed by atoms with Crippen LogP contribution in [0.15, 0.2) is 61.4 Å². The lowest BCUT2D eigenvalue weighted by atomic mass is 10.1. The molecule has 1 N–H and O–H groups in total. The predicted octanol–water partition coefficient (Wildman–Crippen LogP) is 2.08. The molecule has 0 bridgehead atoms. The number of carbonyl (C=O) groups is 2. The van der Waals surface area contributed by atoms with Gasteiger partial charge in [-0.15, -0.1) is 0 Å². The Morgan fingerprint density at radius 3 is 2.64 bits per heavy atom. The number of benzene rings is 1. The van der Waals surface area contributed by atoms with E-state index >= 15 is 0 Å². The minimum absolute atomic E-state index is 0.0558. The predicted molar refractivity (Wildman–Crippen MR) is 93.6 cm³/mol. The van der Waals surface area contributed by atoms with Gasteiger partial charge in [0.05, 0.1) is 12.2 Å². The fraction of sp³-hybridized carbons (Fsp3) is 0.105. The van der Waals surface area contributed by atoms with Gasteiger partial charge in [0, 0.05) is 29.2 Å². The Morgan fingerprint density at radius 2 is 1.88 bits per heavy atom. The van der Waals surface area contributed by atoms with Crippen LogP contribution in [-0.2, 0) is 11.3 Å². The summed E-state index contributed by atoms with van der Waals surface area (Å²) in [4.78, 5) is 30.5. The van der Waals surface area contributed by atoms with Gasteiger partial charge < -0.3 is 9.72 Å². The minimum Gasteiger partial charge on any atom is -0.349 e. The van der Waals surface area contributed by atoms with Gasteiger partial charge in [0.15, 0.2) is 0 Å². The maximum Gasteiger partial charge on any atom is 0.259 e. The lowest BCUT2D eigenvalue weighted by Crippen LogP contribution is -2.36. The smallest absolute Gasteiger partial charge is 0.259 e. The SMILES string of the molecule is C=C1c2ccccc2C(=O)N1CC(=O)NCc1cn2ccccc2n1. The molecular weight excluding hydrogens is 316 g/mol. The van der Waals surface area contributed by atoms with E-state index in [-0.39, 0.29) is 18.4 Å². The van der Waals surface area contributed by atoms with Gasteiger partial charge in [-0.2, -0.15) is 0 Å². The molecule has 1 aromatic carbocycles. The summed E-state index contributed by atoms with van der Waals surface area (Å²) in [6.07, 6.45) is 3.77.